The zero-order valence-electron chi connectivity index (χ0n) is 15.6. The number of nitrogens with zero attached hydrogens (tertiary/aromatic N) is 1. The molecular formula is C22H27N2OS+. The first kappa shape index (κ1) is 18.7. The van der Waals surface area contributed by atoms with E-state index in [4.69, 9.17) is 12.2 Å². The van der Waals surface area contributed by atoms with Crippen LogP contribution >= 0.6 is 12.2 Å². The van der Waals surface area contributed by atoms with Crippen LogP contribution in [-0.4, -0.2) is 17.3 Å². The van der Waals surface area contributed by atoms with E-state index in [2.05, 4.69) is 24.5 Å². The van der Waals surface area contributed by atoms with Gasteiger partial charge in [-0.3, -0.25) is 4.79 Å². The maximum Gasteiger partial charge on any atom is 0.270 e. The summed E-state index contributed by atoms with van der Waals surface area (Å²) in [7, 11) is 0. The third kappa shape index (κ3) is 4.01. The molecule has 0 unspecified atom stereocenters. The highest BCUT2D eigenvalue weighted by atomic mass is 32.1. The van der Waals surface area contributed by atoms with Crippen LogP contribution in [0.15, 0.2) is 42.7 Å². The second kappa shape index (κ2) is 8.54. The van der Waals surface area contributed by atoms with E-state index in [1.165, 1.54) is 29.5 Å². The third-order valence-electron chi connectivity index (χ3n) is 5.10. The van der Waals surface area contributed by atoms with Gasteiger partial charge in [-0.1, -0.05) is 43.4 Å². The number of ketones is 1. The molecule has 1 aromatic carbocycles. The van der Waals surface area contributed by atoms with Crippen LogP contribution in [-0.2, 0) is 19.3 Å². The number of nitrogens with one attached hydrogen (secondary N) is 1. The number of likely N-dealkylation sites (N-methyl/N-ethyl adjacent to an activating group) is 1. The second-order valence-corrected chi connectivity index (χ2v) is 7.30. The predicted octanol–water partition coefficient (Wildman–Crippen LogP) is 3.78. The number of Topliss-reactive ketones (excluding diaryl/α,β-unsaturated/α-hetero) is 1. The predicted molar refractivity (Wildman–Crippen MR) is 109 cm³/mol. The molecule has 0 bridgehead atoms. The number of carbonyl (C=O) groups excluding carboxylic acids is 1. The van der Waals surface area contributed by atoms with Gasteiger partial charge in [0.1, 0.15) is 0 Å². The Morgan fingerprint density at radius 3 is 2.46 bits per heavy atom. The molecule has 26 heavy (non-hydrogen) atoms. The molecule has 1 aromatic heterocycles. The summed E-state index contributed by atoms with van der Waals surface area (Å²) in [5.41, 5.74) is 4.68. The summed E-state index contributed by atoms with van der Waals surface area (Å²) >= 11 is 5.58. The first-order chi connectivity index (χ1) is 12.6. The lowest BCUT2D eigenvalue weighted by atomic mass is 9.93. The molecule has 1 atom stereocenters. The number of hydrogen-bond acceptors (Lipinski definition) is 2. The fourth-order valence-electron chi connectivity index (χ4n) is 3.57. The van der Waals surface area contributed by atoms with Crippen LogP contribution in [0, 0.1) is 0 Å². The fraction of sp³-hybridized carbons (Fsp3) is 0.409. The first-order valence-corrected chi connectivity index (χ1v) is 9.98. The van der Waals surface area contributed by atoms with Crippen molar-refractivity contribution < 1.29 is 9.36 Å². The van der Waals surface area contributed by atoms with Gasteiger partial charge in [0.05, 0.1) is 0 Å². The summed E-state index contributed by atoms with van der Waals surface area (Å²) in [6, 6.07) is 9.55. The Balaban J connectivity index is 1.96. The molecular weight excluding hydrogens is 340 g/mol. The molecule has 1 heterocycles. The van der Waals surface area contributed by atoms with E-state index < -0.39 is 6.04 Å². The maximum atomic E-state index is 13.3. The van der Waals surface area contributed by atoms with Gasteiger partial charge in [0.2, 0.25) is 5.78 Å². The average molecular weight is 368 g/mol. The van der Waals surface area contributed by atoms with Gasteiger partial charge < -0.3 is 5.32 Å². The lowest BCUT2D eigenvalue weighted by molar-refractivity contribution is -0.692. The fourth-order valence-corrected chi connectivity index (χ4v) is 3.95. The van der Waals surface area contributed by atoms with E-state index in [1.54, 1.807) is 0 Å². The highest BCUT2D eigenvalue weighted by molar-refractivity contribution is 7.80. The molecule has 0 aliphatic heterocycles. The summed E-state index contributed by atoms with van der Waals surface area (Å²) in [6.45, 7) is 4.83. The van der Waals surface area contributed by atoms with Gasteiger partial charge in [0.15, 0.2) is 17.4 Å². The van der Waals surface area contributed by atoms with Crippen LogP contribution in [0.3, 0.4) is 0 Å². The average Bonchev–Trinajstić information content (AvgIpc) is 2.68. The molecule has 136 valence electrons. The smallest absolute Gasteiger partial charge is 0.270 e. The van der Waals surface area contributed by atoms with E-state index in [1.807, 2.05) is 42.0 Å². The van der Waals surface area contributed by atoms with Crippen molar-refractivity contribution in [2.24, 2.45) is 0 Å². The van der Waals surface area contributed by atoms with Crippen LogP contribution in [0.5, 0.6) is 0 Å². The molecule has 3 rings (SSSR count). The minimum atomic E-state index is -0.496. The number of aromatic nitrogens is 1. The lowest BCUT2D eigenvalue weighted by Crippen LogP contribution is -2.51. The highest BCUT2D eigenvalue weighted by Crippen LogP contribution is 2.20. The van der Waals surface area contributed by atoms with Crippen molar-refractivity contribution in [2.75, 3.05) is 6.54 Å². The van der Waals surface area contributed by atoms with E-state index in [9.17, 15) is 4.79 Å². The summed E-state index contributed by atoms with van der Waals surface area (Å²) in [4.78, 5) is 13.9. The Hall–Kier alpha value is -2.07. The minimum Gasteiger partial charge on any atom is -0.374 e. The van der Waals surface area contributed by atoms with E-state index in [0.717, 1.165) is 19.3 Å². The quantitative estimate of drug-likeness (QED) is 0.479. The molecule has 0 amide bonds. The molecule has 0 saturated carbocycles. The molecule has 0 spiro atoms. The molecule has 0 fully saturated rings. The van der Waals surface area contributed by atoms with Gasteiger partial charge in [-0.05, 0) is 50.2 Å². The summed E-state index contributed by atoms with van der Waals surface area (Å²) in [6.07, 6.45) is 9.77. The van der Waals surface area contributed by atoms with Crippen molar-refractivity contribution in [3.63, 3.8) is 0 Å². The summed E-state index contributed by atoms with van der Waals surface area (Å²) in [5.74, 6) is 0.0411. The lowest BCUT2D eigenvalue weighted by Gasteiger charge is -2.18. The van der Waals surface area contributed by atoms with Crippen LogP contribution in [0.2, 0.25) is 0 Å². The number of hydrogen-bond donors (Lipinski definition) is 1. The van der Waals surface area contributed by atoms with Crippen molar-refractivity contribution in [1.29, 1.82) is 0 Å². The number of rotatable bonds is 6. The van der Waals surface area contributed by atoms with Crippen molar-refractivity contribution in [2.45, 2.75) is 52.0 Å². The van der Waals surface area contributed by atoms with Crippen LogP contribution in [0.1, 0.15) is 59.8 Å². The van der Waals surface area contributed by atoms with Crippen LogP contribution in [0.4, 0.5) is 0 Å². The monoisotopic (exact) mass is 367 g/mol. The Labute approximate surface area is 161 Å². The minimum absolute atomic E-state index is 0.0411. The molecule has 3 nitrogen and oxygen atoms in total. The van der Waals surface area contributed by atoms with E-state index >= 15 is 0 Å². The maximum absolute atomic E-state index is 13.3. The van der Waals surface area contributed by atoms with Crippen molar-refractivity contribution in [3.05, 3.63) is 65.0 Å². The number of pyridine rings is 1. The molecule has 0 saturated heterocycles. The zero-order chi connectivity index (χ0) is 18.5. The molecule has 1 aliphatic rings. The number of thiocarbonyl (C=S) groups is 1. The first-order valence-electron chi connectivity index (χ1n) is 9.57. The van der Waals surface area contributed by atoms with Gasteiger partial charge in [-0.15, -0.1) is 0 Å². The van der Waals surface area contributed by atoms with Gasteiger partial charge >= 0.3 is 0 Å². The molecule has 4 heteroatoms. The van der Waals surface area contributed by atoms with Crippen LogP contribution < -0.4 is 9.88 Å². The zero-order valence-corrected chi connectivity index (χ0v) is 16.4. The molecule has 1 aliphatic carbocycles. The Morgan fingerprint density at radius 2 is 1.81 bits per heavy atom. The topological polar surface area (TPSA) is 33.0 Å². The highest BCUT2D eigenvalue weighted by Gasteiger charge is 2.33. The number of carbonyl (C=O) groups is 1. The largest absolute Gasteiger partial charge is 0.374 e. The number of benzene rings is 1. The van der Waals surface area contributed by atoms with Crippen molar-refractivity contribution >= 4 is 23.0 Å². The van der Waals surface area contributed by atoms with Gasteiger partial charge in [-0.2, -0.15) is 4.57 Å². The number of fused-ring (bicyclic) bond motifs is 1. The SMILES string of the molecule is CCNC(=S)[C@H](C(=O)c1ccc(CC)cc1)[n+]1ccc2c(c1)CCCC2. The van der Waals surface area contributed by atoms with E-state index in [-0.39, 0.29) is 5.78 Å². The van der Waals surface area contributed by atoms with Gasteiger partial charge in [-0.25, -0.2) is 0 Å². The second-order valence-electron chi connectivity index (χ2n) is 6.86. The Bertz CT molecular complexity index is 798. The third-order valence-corrected chi connectivity index (χ3v) is 5.47. The molecule has 2 aromatic rings. The van der Waals surface area contributed by atoms with Crippen molar-refractivity contribution in [1.82, 2.24) is 5.32 Å². The van der Waals surface area contributed by atoms with Crippen molar-refractivity contribution in [3.8, 4) is 0 Å². The van der Waals surface area contributed by atoms with E-state index in [0.29, 0.717) is 17.1 Å². The standard InChI is InChI=1S/C22H26N2OS/c1-3-16-9-11-18(12-10-16)21(25)20(22(26)23-4-2)24-14-13-17-7-5-6-8-19(17)15-24/h9-15,20H,3-8H2,1-2H3/p+1/t20-/m0/s1. The Morgan fingerprint density at radius 1 is 1.12 bits per heavy atom. The normalized spacial score (nSPS) is 14.4. The Kier molecular flexibility index (Phi) is 6.15. The molecule has 0 radical (unpaired) electrons. The van der Waals surface area contributed by atoms with Crippen LogP contribution in [0.25, 0.3) is 0 Å². The van der Waals surface area contributed by atoms with Gasteiger partial charge in [0.25, 0.3) is 6.04 Å². The summed E-state index contributed by atoms with van der Waals surface area (Å²) < 4.78 is 1.99. The summed E-state index contributed by atoms with van der Waals surface area (Å²) in [5, 5.41) is 3.19. The number of aryl methyl sites for hydroxylation is 3. The molecule has 1 N–H and O–H groups in total. The van der Waals surface area contributed by atoms with Gasteiger partial charge in [0, 0.05) is 23.7 Å².